The van der Waals surface area contributed by atoms with Gasteiger partial charge in [-0.05, 0) is 49.9 Å². The Morgan fingerprint density at radius 1 is 1.23 bits per heavy atom. The number of fused-ring (bicyclic) bond motifs is 1. The Bertz CT molecular complexity index is 593. The van der Waals surface area contributed by atoms with Crippen molar-refractivity contribution in [3.05, 3.63) is 29.3 Å². The number of halogens is 1. The van der Waals surface area contributed by atoms with Crippen LogP contribution in [0.25, 0.3) is 0 Å². The van der Waals surface area contributed by atoms with E-state index >= 15 is 0 Å². The molecule has 4 heteroatoms. The summed E-state index contributed by atoms with van der Waals surface area (Å²) in [5.74, 6) is 0.559. The molecule has 0 aromatic heterocycles. The zero-order valence-electron chi connectivity index (χ0n) is 13.0. The maximum absolute atomic E-state index is 12.9. The molecular weight excluding hydrogens is 342 g/mol. The van der Waals surface area contributed by atoms with E-state index in [0.29, 0.717) is 5.33 Å². The summed E-state index contributed by atoms with van der Waals surface area (Å²) in [5, 5.41) is 0.339. The van der Waals surface area contributed by atoms with Crippen molar-refractivity contribution in [2.24, 2.45) is 5.92 Å². The van der Waals surface area contributed by atoms with Crippen molar-refractivity contribution in [1.82, 2.24) is 0 Å². The molecule has 0 N–H and O–H groups in total. The molecule has 0 radical (unpaired) electrons. The molecule has 1 unspecified atom stereocenters. The molecule has 1 amide bonds. The first kappa shape index (κ1) is 15.7. The van der Waals surface area contributed by atoms with Gasteiger partial charge in [-0.25, -0.2) is 0 Å². The summed E-state index contributed by atoms with van der Waals surface area (Å²) in [6.45, 7) is 2.10. The van der Waals surface area contributed by atoms with Gasteiger partial charge in [0.1, 0.15) is 0 Å². The second-order valence-electron chi connectivity index (χ2n) is 6.50. The Balaban J connectivity index is 1.86. The average Bonchev–Trinajstić information content (AvgIpc) is 2.89. The predicted molar refractivity (Wildman–Crippen MR) is 91.8 cm³/mol. The Morgan fingerprint density at radius 2 is 1.95 bits per heavy atom. The van der Waals surface area contributed by atoms with Crippen molar-refractivity contribution in [2.75, 3.05) is 10.2 Å². The maximum atomic E-state index is 12.9. The first-order valence-electron chi connectivity index (χ1n) is 8.17. The monoisotopic (exact) mass is 363 g/mol. The standard InChI is InChI=1S/C18H22BrNO2/c1-12-9-15-10-14(17(21)11-19)7-8-16(15)20(12)18(22)13-5-3-2-4-6-13/h7-8,10,12-13H,2-6,9,11H2,1H3. The Kier molecular flexibility index (Phi) is 4.67. The van der Waals surface area contributed by atoms with Gasteiger partial charge in [-0.2, -0.15) is 0 Å². The van der Waals surface area contributed by atoms with E-state index in [-0.39, 0.29) is 23.7 Å². The Hall–Kier alpha value is -1.16. The second kappa shape index (κ2) is 6.53. The highest BCUT2D eigenvalue weighted by Crippen LogP contribution is 2.36. The normalized spacial score (nSPS) is 21.7. The molecule has 0 spiro atoms. The Morgan fingerprint density at radius 3 is 2.64 bits per heavy atom. The number of anilines is 1. The largest absolute Gasteiger partial charge is 0.309 e. The van der Waals surface area contributed by atoms with Gasteiger partial charge < -0.3 is 4.90 Å². The lowest BCUT2D eigenvalue weighted by molar-refractivity contribution is -0.123. The number of hydrogen-bond donors (Lipinski definition) is 0. The first-order valence-corrected chi connectivity index (χ1v) is 9.29. The molecule has 0 bridgehead atoms. The topological polar surface area (TPSA) is 37.4 Å². The molecule has 0 saturated heterocycles. The summed E-state index contributed by atoms with van der Waals surface area (Å²) in [6.07, 6.45) is 6.49. The molecule has 1 fully saturated rings. The van der Waals surface area contributed by atoms with Crippen LogP contribution in [0.3, 0.4) is 0 Å². The van der Waals surface area contributed by atoms with Crippen molar-refractivity contribution < 1.29 is 9.59 Å². The van der Waals surface area contributed by atoms with E-state index in [1.54, 1.807) is 0 Å². The zero-order chi connectivity index (χ0) is 15.7. The van der Waals surface area contributed by atoms with Gasteiger partial charge in [-0.3, -0.25) is 9.59 Å². The molecule has 2 aliphatic rings. The number of ketones is 1. The van der Waals surface area contributed by atoms with Gasteiger partial charge in [-0.1, -0.05) is 35.2 Å². The van der Waals surface area contributed by atoms with Gasteiger partial charge in [0.2, 0.25) is 5.91 Å². The van der Waals surface area contributed by atoms with Crippen LogP contribution in [0, 0.1) is 5.92 Å². The number of carbonyl (C=O) groups is 2. The summed E-state index contributed by atoms with van der Waals surface area (Å²) in [7, 11) is 0. The third-order valence-corrected chi connectivity index (χ3v) is 5.44. The van der Waals surface area contributed by atoms with Crippen LogP contribution in [0.5, 0.6) is 0 Å². The smallest absolute Gasteiger partial charge is 0.230 e. The van der Waals surface area contributed by atoms with E-state index in [2.05, 4.69) is 22.9 Å². The molecule has 118 valence electrons. The van der Waals surface area contributed by atoms with Crippen molar-refractivity contribution in [3.63, 3.8) is 0 Å². The number of benzene rings is 1. The highest BCUT2D eigenvalue weighted by molar-refractivity contribution is 9.09. The minimum Gasteiger partial charge on any atom is -0.309 e. The van der Waals surface area contributed by atoms with Crippen LogP contribution in [0.15, 0.2) is 18.2 Å². The lowest BCUT2D eigenvalue weighted by Crippen LogP contribution is -2.40. The fourth-order valence-electron chi connectivity index (χ4n) is 3.76. The fraction of sp³-hybridized carbons (Fsp3) is 0.556. The van der Waals surface area contributed by atoms with Crippen LogP contribution in [0.2, 0.25) is 0 Å². The Labute approximate surface area is 140 Å². The van der Waals surface area contributed by atoms with Gasteiger partial charge in [0.05, 0.1) is 5.33 Å². The molecule has 1 aliphatic heterocycles. The van der Waals surface area contributed by atoms with Crippen molar-refractivity contribution >= 4 is 33.3 Å². The van der Waals surface area contributed by atoms with Gasteiger partial charge in [0, 0.05) is 23.2 Å². The molecule has 1 saturated carbocycles. The number of amides is 1. The summed E-state index contributed by atoms with van der Waals surface area (Å²) in [6, 6.07) is 5.96. The van der Waals surface area contributed by atoms with Gasteiger partial charge >= 0.3 is 0 Å². The van der Waals surface area contributed by atoms with Crippen LogP contribution in [-0.4, -0.2) is 23.1 Å². The number of carbonyl (C=O) groups excluding carboxylic acids is 2. The van der Waals surface area contributed by atoms with Crippen LogP contribution in [0.4, 0.5) is 5.69 Å². The second-order valence-corrected chi connectivity index (χ2v) is 7.06. The summed E-state index contributed by atoms with van der Waals surface area (Å²) < 4.78 is 0. The molecule has 1 aromatic carbocycles. The fourth-order valence-corrected chi connectivity index (χ4v) is 4.09. The third-order valence-electron chi connectivity index (χ3n) is 4.93. The maximum Gasteiger partial charge on any atom is 0.230 e. The summed E-state index contributed by atoms with van der Waals surface area (Å²) in [5.41, 5.74) is 2.87. The lowest BCUT2D eigenvalue weighted by atomic mass is 9.88. The van der Waals surface area contributed by atoms with E-state index in [1.165, 1.54) is 19.3 Å². The first-order chi connectivity index (χ1) is 10.6. The van der Waals surface area contributed by atoms with Crippen LogP contribution in [-0.2, 0) is 11.2 Å². The van der Waals surface area contributed by atoms with E-state index in [4.69, 9.17) is 0 Å². The van der Waals surface area contributed by atoms with Crippen molar-refractivity contribution in [1.29, 1.82) is 0 Å². The van der Waals surface area contributed by atoms with Crippen molar-refractivity contribution in [2.45, 2.75) is 51.5 Å². The molecule has 1 aliphatic carbocycles. The van der Waals surface area contributed by atoms with E-state index in [9.17, 15) is 9.59 Å². The van der Waals surface area contributed by atoms with Crippen molar-refractivity contribution in [3.8, 4) is 0 Å². The van der Waals surface area contributed by atoms with E-state index < -0.39 is 0 Å². The molecule has 1 aromatic rings. The average molecular weight is 364 g/mol. The predicted octanol–water partition coefficient (Wildman–Crippen LogP) is 4.12. The summed E-state index contributed by atoms with van der Waals surface area (Å²) in [4.78, 5) is 26.7. The number of hydrogen-bond acceptors (Lipinski definition) is 2. The van der Waals surface area contributed by atoms with Gasteiger partial charge in [-0.15, -0.1) is 0 Å². The highest BCUT2D eigenvalue weighted by atomic mass is 79.9. The number of Topliss-reactive ketones (excluding diaryl/α,β-unsaturated/α-hetero) is 1. The molecule has 22 heavy (non-hydrogen) atoms. The minimum atomic E-state index is 0.0903. The number of rotatable bonds is 3. The SMILES string of the molecule is CC1Cc2cc(C(=O)CBr)ccc2N1C(=O)C1CCCCC1. The van der Waals surface area contributed by atoms with E-state index in [0.717, 1.165) is 36.1 Å². The molecular formula is C18H22BrNO2. The van der Waals surface area contributed by atoms with Crippen LogP contribution < -0.4 is 4.90 Å². The quantitative estimate of drug-likeness (QED) is 0.598. The highest BCUT2D eigenvalue weighted by Gasteiger charge is 2.35. The summed E-state index contributed by atoms with van der Waals surface area (Å²) >= 11 is 3.22. The van der Waals surface area contributed by atoms with E-state index in [1.807, 2.05) is 23.1 Å². The molecule has 1 heterocycles. The number of nitrogens with zero attached hydrogens (tertiary/aromatic N) is 1. The number of alkyl halides is 1. The van der Waals surface area contributed by atoms with Crippen LogP contribution >= 0.6 is 15.9 Å². The zero-order valence-corrected chi connectivity index (χ0v) is 14.6. The molecule has 1 atom stereocenters. The molecule has 3 rings (SSSR count). The van der Waals surface area contributed by atoms with Gasteiger partial charge in [0.15, 0.2) is 5.78 Å². The van der Waals surface area contributed by atoms with Crippen LogP contribution in [0.1, 0.15) is 54.9 Å². The van der Waals surface area contributed by atoms with Gasteiger partial charge in [0.25, 0.3) is 0 Å². The lowest BCUT2D eigenvalue weighted by Gasteiger charge is -2.29. The minimum absolute atomic E-state index is 0.0903. The third kappa shape index (κ3) is 2.85. The molecule has 3 nitrogen and oxygen atoms in total.